The van der Waals surface area contributed by atoms with Gasteiger partial charge in [0.15, 0.2) is 5.16 Å². The monoisotopic (exact) mass is 473 g/mol. The molecule has 0 saturated heterocycles. The third-order valence-electron chi connectivity index (χ3n) is 4.65. The molecule has 2 aromatic carbocycles. The molecule has 32 heavy (non-hydrogen) atoms. The maximum atomic E-state index is 12.2. The second-order valence-corrected chi connectivity index (χ2v) is 8.26. The van der Waals surface area contributed by atoms with Crippen molar-refractivity contribution in [3.05, 3.63) is 70.5 Å². The topological polar surface area (TPSA) is 98.1 Å². The maximum Gasteiger partial charge on any atom is 0.251 e. The summed E-state index contributed by atoms with van der Waals surface area (Å²) in [5.74, 6) is 1.47. The lowest BCUT2D eigenvalue weighted by Gasteiger charge is -2.07. The van der Waals surface area contributed by atoms with Crippen molar-refractivity contribution >= 4 is 35.2 Å². The Balaban J connectivity index is 1.41. The van der Waals surface area contributed by atoms with Gasteiger partial charge in [0.25, 0.3) is 5.91 Å². The van der Waals surface area contributed by atoms with E-state index in [-0.39, 0.29) is 17.6 Å². The summed E-state index contributed by atoms with van der Waals surface area (Å²) in [5, 5.41) is 15.3. The van der Waals surface area contributed by atoms with Crippen LogP contribution in [0.3, 0.4) is 0 Å². The average molecular weight is 474 g/mol. The predicted molar refractivity (Wildman–Crippen MR) is 124 cm³/mol. The standard InChI is InChI=1S/C22H24ClN5O3S/c1-28-19(11-12-24-21(30)16-5-7-17(23)8-6-16)26-27-22(28)32-14-20(29)25-13-15-3-9-18(31-2)10-4-15/h3-10H,11-14H2,1-2H3,(H,24,30)(H,25,29). The molecule has 0 aliphatic heterocycles. The van der Waals surface area contributed by atoms with Crippen molar-refractivity contribution in [2.45, 2.75) is 18.1 Å². The number of thioether (sulfide) groups is 1. The van der Waals surface area contributed by atoms with E-state index in [1.54, 1.807) is 31.4 Å². The summed E-state index contributed by atoms with van der Waals surface area (Å²) < 4.78 is 6.95. The zero-order chi connectivity index (χ0) is 22.9. The van der Waals surface area contributed by atoms with E-state index in [9.17, 15) is 9.59 Å². The molecule has 0 radical (unpaired) electrons. The number of hydrogen-bond donors (Lipinski definition) is 2. The molecule has 0 atom stereocenters. The van der Waals surface area contributed by atoms with Gasteiger partial charge in [0.2, 0.25) is 5.91 Å². The highest BCUT2D eigenvalue weighted by atomic mass is 35.5. The molecule has 3 aromatic rings. The van der Waals surface area contributed by atoms with E-state index in [2.05, 4.69) is 20.8 Å². The molecule has 10 heteroatoms. The van der Waals surface area contributed by atoms with Crippen LogP contribution in [0, 0.1) is 0 Å². The SMILES string of the molecule is COc1ccc(CNC(=O)CSc2nnc(CCNC(=O)c3ccc(Cl)cc3)n2C)cc1. The fourth-order valence-corrected chi connectivity index (χ4v) is 3.69. The molecular weight excluding hydrogens is 450 g/mol. The van der Waals surface area contributed by atoms with Crippen molar-refractivity contribution in [3.8, 4) is 5.75 Å². The molecule has 2 N–H and O–H groups in total. The smallest absolute Gasteiger partial charge is 0.251 e. The van der Waals surface area contributed by atoms with Crippen molar-refractivity contribution in [2.75, 3.05) is 19.4 Å². The van der Waals surface area contributed by atoms with Crippen LogP contribution < -0.4 is 15.4 Å². The molecular formula is C22H24ClN5O3S. The number of carbonyl (C=O) groups is 2. The maximum absolute atomic E-state index is 12.2. The van der Waals surface area contributed by atoms with Crippen LogP contribution in [0.5, 0.6) is 5.75 Å². The highest BCUT2D eigenvalue weighted by Crippen LogP contribution is 2.16. The number of ether oxygens (including phenoxy) is 1. The number of halogens is 1. The summed E-state index contributed by atoms with van der Waals surface area (Å²) in [7, 11) is 3.46. The summed E-state index contributed by atoms with van der Waals surface area (Å²) >= 11 is 7.15. The number of rotatable bonds is 10. The van der Waals surface area contributed by atoms with Crippen LogP contribution in [0.2, 0.25) is 5.02 Å². The number of aromatic nitrogens is 3. The summed E-state index contributed by atoms with van der Waals surface area (Å²) in [4.78, 5) is 24.3. The number of nitrogens with zero attached hydrogens (tertiary/aromatic N) is 3. The van der Waals surface area contributed by atoms with E-state index in [0.717, 1.165) is 17.1 Å². The largest absolute Gasteiger partial charge is 0.497 e. The van der Waals surface area contributed by atoms with Crippen LogP contribution in [0.1, 0.15) is 21.7 Å². The molecule has 168 valence electrons. The van der Waals surface area contributed by atoms with E-state index < -0.39 is 0 Å². The van der Waals surface area contributed by atoms with Crippen LogP contribution in [0.25, 0.3) is 0 Å². The van der Waals surface area contributed by atoms with Gasteiger partial charge in [-0.1, -0.05) is 35.5 Å². The Labute approximate surface area is 195 Å². The van der Waals surface area contributed by atoms with Gasteiger partial charge in [-0.05, 0) is 42.0 Å². The fourth-order valence-electron chi connectivity index (χ4n) is 2.80. The zero-order valence-electron chi connectivity index (χ0n) is 17.8. The van der Waals surface area contributed by atoms with Gasteiger partial charge >= 0.3 is 0 Å². The van der Waals surface area contributed by atoms with E-state index >= 15 is 0 Å². The molecule has 0 unspecified atom stereocenters. The van der Waals surface area contributed by atoms with Gasteiger partial charge in [0.05, 0.1) is 12.9 Å². The predicted octanol–water partition coefficient (Wildman–Crippen LogP) is 2.86. The minimum absolute atomic E-state index is 0.0920. The summed E-state index contributed by atoms with van der Waals surface area (Å²) in [6, 6.07) is 14.2. The van der Waals surface area contributed by atoms with Crippen LogP contribution in [0.15, 0.2) is 53.7 Å². The Kier molecular flexibility index (Phi) is 8.52. The molecule has 0 saturated carbocycles. The Morgan fingerprint density at radius 3 is 2.47 bits per heavy atom. The molecule has 0 spiro atoms. The minimum Gasteiger partial charge on any atom is -0.497 e. The Bertz CT molecular complexity index is 1050. The third kappa shape index (κ3) is 6.73. The number of nitrogens with one attached hydrogen (secondary N) is 2. The Hall–Kier alpha value is -3.04. The summed E-state index contributed by atoms with van der Waals surface area (Å²) in [5.41, 5.74) is 1.54. The van der Waals surface area contributed by atoms with Crippen LogP contribution >= 0.6 is 23.4 Å². The normalized spacial score (nSPS) is 10.6. The molecule has 8 nitrogen and oxygen atoms in total. The first-order valence-electron chi connectivity index (χ1n) is 9.90. The number of methoxy groups -OCH3 is 1. The van der Waals surface area contributed by atoms with Crippen LogP contribution in [0.4, 0.5) is 0 Å². The minimum atomic E-state index is -0.174. The second kappa shape index (κ2) is 11.5. The van der Waals surface area contributed by atoms with Gasteiger partial charge in [-0.2, -0.15) is 0 Å². The first-order valence-corrected chi connectivity index (χ1v) is 11.3. The highest BCUT2D eigenvalue weighted by molar-refractivity contribution is 7.99. The van der Waals surface area contributed by atoms with Gasteiger partial charge in [0, 0.05) is 37.1 Å². The van der Waals surface area contributed by atoms with E-state index in [4.69, 9.17) is 16.3 Å². The Morgan fingerprint density at radius 2 is 1.78 bits per heavy atom. The zero-order valence-corrected chi connectivity index (χ0v) is 19.4. The first-order chi connectivity index (χ1) is 15.5. The highest BCUT2D eigenvalue weighted by Gasteiger charge is 2.12. The van der Waals surface area contributed by atoms with Crippen molar-refractivity contribution in [3.63, 3.8) is 0 Å². The molecule has 2 amide bonds. The third-order valence-corrected chi connectivity index (χ3v) is 5.92. The number of hydrogen-bond acceptors (Lipinski definition) is 6. The van der Waals surface area contributed by atoms with Gasteiger partial charge in [0.1, 0.15) is 11.6 Å². The van der Waals surface area contributed by atoms with Crippen molar-refractivity contribution in [1.29, 1.82) is 0 Å². The van der Waals surface area contributed by atoms with Gasteiger partial charge in [-0.15, -0.1) is 10.2 Å². The van der Waals surface area contributed by atoms with Crippen LogP contribution in [-0.2, 0) is 24.8 Å². The number of benzene rings is 2. The molecule has 3 rings (SSSR count). The van der Waals surface area contributed by atoms with Crippen LogP contribution in [-0.4, -0.2) is 46.0 Å². The van der Waals surface area contributed by atoms with Crippen molar-refractivity contribution in [2.24, 2.45) is 7.05 Å². The summed E-state index contributed by atoms with van der Waals surface area (Å²) in [6.07, 6.45) is 0.521. The molecule has 0 aliphatic rings. The van der Waals surface area contributed by atoms with Gasteiger partial charge in [-0.25, -0.2) is 0 Å². The van der Waals surface area contributed by atoms with Crippen molar-refractivity contribution < 1.29 is 14.3 Å². The molecule has 0 aliphatic carbocycles. The fraction of sp³-hybridized carbons (Fsp3) is 0.273. The lowest BCUT2D eigenvalue weighted by Crippen LogP contribution is -2.26. The first kappa shape index (κ1) is 23.6. The number of amides is 2. The summed E-state index contributed by atoms with van der Waals surface area (Å²) in [6.45, 7) is 0.862. The molecule has 1 aromatic heterocycles. The lowest BCUT2D eigenvalue weighted by molar-refractivity contribution is -0.118. The average Bonchev–Trinajstić information content (AvgIpc) is 3.16. The molecule has 0 fully saturated rings. The quantitative estimate of drug-likeness (QED) is 0.439. The van der Waals surface area contributed by atoms with Gasteiger partial charge < -0.3 is 19.9 Å². The molecule has 1 heterocycles. The van der Waals surface area contributed by atoms with E-state index in [1.807, 2.05) is 35.9 Å². The van der Waals surface area contributed by atoms with Crippen molar-refractivity contribution in [1.82, 2.24) is 25.4 Å². The number of carbonyl (C=O) groups excluding carboxylic acids is 2. The molecule has 0 bridgehead atoms. The van der Waals surface area contributed by atoms with E-state index in [1.165, 1.54) is 11.8 Å². The van der Waals surface area contributed by atoms with E-state index in [0.29, 0.717) is 35.3 Å². The lowest BCUT2D eigenvalue weighted by atomic mass is 10.2. The Morgan fingerprint density at radius 1 is 1.06 bits per heavy atom. The second-order valence-electron chi connectivity index (χ2n) is 6.88. The van der Waals surface area contributed by atoms with Gasteiger partial charge in [-0.3, -0.25) is 9.59 Å².